The lowest BCUT2D eigenvalue weighted by molar-refractivity contribution is -0.143. The number of imidazole rings is 1. The normalized spacial score (nSPS) is 20.8. The van der Waals surface area contributed by atoms with E-state index in [1.807, 2.05) is 54.3 Å². The molecule has 0 saturated carbocycles. The topological polar surface area (TPSA) is 46.8 Å². The molecular formula is C23H26FN3O2. The number of benzene rings is 1. The average Bonchev–Trinajstić information content (AvgIpc) is 3.11. The van der Waals surface area contributed by atoms with Gasteiger partial charge in [0.15, 0.2) is 0 Å². The van der Waals surface area contributed by atoms with Crippen LogP contribution in [0.25, 0.3) is 5.65 Å². The molecule has 0 bridgehead atoms. The molecule has 3 unspecified atom stereocenters. The monoisotopic (exact) mass is 395 g/mol. The number of nitrogens with zero attached hydrogens (tertiary/aromatic N) is 3. The zero-order valence-electron chi connectivity index (χ0n) is 17.0. The van der Waals surface area contributed by atoms with E-state index in [1.54, 1.807) is 18.3 Å². The fourth-order valence-corrected chi connectivity index (χ4v) is 4.29. The maximum absolute atomic E-state index is 14.8. The number of aryl methyl sites for hydroxylation is 1. The highest BCUT2D eigenvalue weighted by Crippen LogP contribution is 2.32. The van der Waals surface area contributed by atoms with Crippen LogP contribution < -0.4 is 0 Å². The lowest BCUT2D eigenvalue weighted by Gasteiger charge is -2.36. The molecular weight excluding hydrogens is 369 g/mol. The smallest absolute Gasteiger partial charge is 0.223 e. The predicted octanol–water partition coefficient (Wildman–Crippen LogP) is 3.94. The molecule has 1 aliphatic heterocycles. The largest absolute Gasteiger partial charge is 0.372 e. The fourth-order valence-electron chi connectivity index (χ4n) is 4.29. The van der Waals surface area contributed by atoms with Gasteiger partial charge in [-0.2, -0.15) is 0 Å². The van der Waals surface area contributed by atoms with Gasteiger partial charge < -0.3 is 14.0 Å². The number of halogens is 1. The number of ether oxygens (including phenoxy) is 1. The third-order valence-corrected chi connectivity index (χ3v) is 5.54. The summed E-state index contributed by atoms with van der Waals surface area (Å²) in [6, 6.07) is 12.5. The van der Waals surface area contributed by atoms with E-state index < -0.39 is 5.92 Å². The zero-order chi connectivity index (χ0) is 20.5. The number of hydrogen-bond donors (Lipinski definition) is 0. The van der Waals surface area contributed by atoms with E-state index in [4.69, 9.17) is 4.74 Å². The van der Waals surface area contributed by atoms with Crippen LogP contribution in [0.5, 0.6) is 0 Å². The second-order valence-electron chi connectivity index (χ2n) is 7.88. The maximum Gasteiger partial charge on any atom is 0.223 e. The summed E-state index contributed by atoms with van der Waals surface area (Å²) in [5, 5.41) is 0. The molecule has 3 heterocycles. The molecule has 0 spiro atoms. The minimum absolute atomic E-state index is 0.00351. The molecule has 1 aromatic carbocycles. The van der Waals surface area contributed by atoms with Gasteiger partial charge in [-0.3, -0.25) is 4.79 Å². The van der Waals surface area contributed by atoms with Gasteiger partial charge in [-0.1, -0.05) is 24.3 Å². The van der Waals surface area contributed by atoms with Gasteiger partial charge in [0.25, 0.3) is 0 Å². The van der Waals surface area contributed by atoms with Crippen molar-refractivity contribution in [3.05, 3.63) is 71.4 Å². The number of carbonyl (C=O) groups is 1. The van der Waals surface area contributed by atoms with Crippen LogP contribution in [0.4, 0.5) is 4.39 Å². The standard InChI is InChI=1S/C23H26FN3O2/c1-15-7-6-10-22-25-12-21(27(15)22)19(18-8-4-5-9-20(18)24)11-23(28)26-13-16(2)29-17(3)14-26/h4-10,12,16-17,19H,11,13-14H2,1-3H3. The first-order valence-electron chi connectivity index (χ1n) is 10.0. The van der Waals surface area contributed by atoms with Gasteiger partial charge in [-0.25, -0.2) is 9.37 Å². The summed E-state index contributed by atoms with van der Waals surface area (Å²) >= 11 is 0. The second kappa shape index (κ2) is 7.95. The molecule has 4 rings (SSSR count). The SMILES string of the molecule is Cc1cccc2ncc(C(CC(=O)N3CC(C)OC(C)C3)c3ccccc3F)n12. The summed E-state index contributed by atoms with van der Waals surface area (Å²) < 4.78 is 22.5. The van der Waals surface area contributed by atoms with Crippen LogP contribution in [-0.4, -0.2) is 45.5 Å². The summed E-state index contributed by atoms with van der Waals surface area (Å²) in [5.41, 5.74) is 3.13. The van der Waals surface area contributed by atoms with Gasteiger partial charge in [0, 0.05) is 37.3 Å². The van der Waals surface area contributed by atoms with Crippen LogP contribution in [0.3, 0.4) is 0 Å². The van der Waals surface area contributed by atoms with Gasteiger partial charge >= 0.3 is 0 Å². The Morgan fingerprint density at radius 2 is 1.90 bits per heavy atom. The molecule has 0 N–H and O–H groups in total. The Labute approximate surface area is 170 Å². The predicted molar refractivity (Wildman–Crippen MR) is 109 cm³/mol. The Kier molecular flexibility index (Phi) is 5.37. The van der Waals surface area contributed by atoms with E-state index in [0.717, 1.165) is 17.0 Å². The molecule has 1 aliphatic rings. The third-order valence-electron chi connectivity index (χ3n) is 5.54. The van der Waals surface area contributed by atoms with E-state index in [-0.39, 0.29) is 30.4 Å². The van der Waals surface area contributed by atoms with Crippen molar-refractivity contribution >= 4 is 11.6 Å². The Bertz CT molecular complexity index is 1020. The Morgan fingerprint density at radius 1 is 1.17 bits per heavy atom. The van der Waals surface area contributed by atoms with Crippen LogP contribution in [-0.2, 0) is 9.53 Å². The lowest BCUT2D eigenvalue weighted by Crippen LogP contribution is -2.48. The van der Waals surface area contributed by atoms with Gasteiger partial charge in [-0.05, 0) is 44.5 Å². The summed E-state index contributed by atoms with van der Waals surface area (Å²) in [5.74, 6) is -0.727. The quantitative estimate of drug-likeness (QED) is 0.672. The molecule has 3 atom stereocenters. The third kappa shape index (κ3) is 3.90. The Hall–Kier alpha value is -2.73. The van der Waals surface area contributed by atoms with Crippen LogP contribution in [0.1, 0.15) is 43.1 Å². The number of morpholine rings is 1. The highest BCUT2D eigenvalue weighted by atomic mass is 19.1. The first-order valence-corrected chi connectivity index (χ1v) is 10.0. The minimum atomic E-state index is -0.423. The van der Waals surface area contributed by atoms with Gasteiger partial charge in [0.1, 0.15) is 11.5 Å². The number of rotatable bonds is 4. The molecule has 6 heteroatoms. The Morgan fingerprint density at radius 3 is 2.62 bits per heavy atom. The van der Waals surface area contributed by atoms with Crippen molar-refractivity contribution in [1.82, 2.24) is 14.3 Å². The van der Waals surface area contributed by atoms with Gasteiger partial charge in [0.2, 0.25) is 5.91 Å². The van der Waals surface area contributed by atoms with Crippen molar-refractivity contribution in [3.63, 3.8) is 0 Å². The molecule has 29 heavy (non-hydrogen) atoms. The fraction of sp³-hybridized carbons (Fsp3) is 0.391. The highest BCUT2D eigenvalue weighted by Gasteiger charge is 2.30. The van der Waals surface area contributed by atoms with E-state index in [2.05, 4.69) is 4.98 Å². The van der Waals surface area contributed by atoms with Crippen LogP contribution >= 0.6 is 0 Å². The summed E-state index contributed by atoms with van der Waals surface area (Å²) in [6.07, 6.45) is 1.93. The number of fused-ring (bicyclic) bond motifs is 1. The van der Waals surface area contributed by atoms with Crippen molar-refractivity contribution in [1.29, 1.82) is 0 Å². The van der Waals surface area contributed by atoms with Crippen molar-refractivity contribution in [3.8, 4) is 0 Å². The molecule has 1 amide bonds. The maximum atomic E-state index is 14.8. The van der Waals surface area contributed by atoms with Crippen molar-refractivity contribution < 1.29 is 13.9 Å². The zero-order valence-corrected chi connectivity index (χ0v) is 17.0. The molecule has 0 aliphatic carbocycles. The molecule has 5 nitrogen and oxygen atoms in total. The van der Waals surface area contributed by atoms with E-state index >= 15 is 0 Å². The second-order valence-corrected chi connectivity index (χ2v) is 7.88. The van der Waals surface area contributed by atoms with Crippen LogP contribution in [0.15, 0.2) is 48.7 Å². The molecule has 152 valence electrons. The molecule has 2 aromatic heterocycles. The lowest BCUT2D eigenvalue weighted by atomic mass is 9.91. The minimum Gasteiger partial charge on any atom is -0.372 e. The summed E-state index contributed by atoms with van der Waals surface area (Å²) in [7, 11) is 0. The first kappa shape index (κ1) is 19.6. The average molecular weight is 395 g/mol. The molecule has 0 radical (unpaired) electrons. The van der Waals surface area contributed by atoms with Crippen molar-refractivity contribution in [2.45, 2.75) is 45.3 Å². The molecule has 3 aromatic rings. The number of pyridine rings is 1. The number of aromatic nitrogens is 2. The van der Waals surface area contributed by atoms with Gasteiger partial charge in [0.05, 0.1) is 17.9 Å². The number of hydrogen-bond acceptors (Lipinski definition) is 3. The van der Waals surface area contributed by atoms with E-state index in [1.165, 1.54) is 6.07 Å². The van der Waals surface area contributed by atoms with Crippen LogP contribution in [0, 0.1) is 12.7 Å². The molecule has 1 fully saturated rings. The van der Waals surface area contributed by atoms with E-state index in [0.29, 0.717) is 18.7 Å². The number of amides is 1. The number of carbonyl (C=O) groups excluding carboxylic acids is 1. The van der Waals surface area contributed by atoms with Crippen LogP contribution in [0.2, 0.25) is 0 Å². The summed E-state index contributed by atoms with van der Waals surface area (Å²) in [6.45, 7) is 7.04. The molecule has 1 saturated heterocycles. The van der Waals surface area contributed by atoms with Crippen molar-refractivity contribution in [2.75, 3.05) is 13.1 Å². The first-order chi connectivity index (χ1) is 13.9. The summed E-state index contributed by atoms with van der Waals surface area (Å²) in [4.78, 5) is 19.5. The van der Waals surface area contributed by atoms with E-state index in [9.17, 15) is 9.18 Å². The highest BCUT2D eigenvalue weighted by molar-refractivity contribution is 5.78. The van der Waals surface area contributed by atoms with Gasteiger partial charge in [-0.15, -0.1) is 0 Å². The Balaban J connectivity index is 1.74. The van der Waals surface area contributed by atoms with Crippen molar-refractivity contribution in [2.24, 2.45) is 0 Å².